The minimum absolute atomic E-state index is 0.150. The Morgan fingerprint density at radius 3 is 2.73 bits per heavy atom. The molecule has 1 N–H and O–H groups in total. The first-order chi connectivity index (χ1) is 7.10. The van der Waals surface area contributed by atoms with Gasteiger partial charge in [0.15, 0.2) is 5.75 Å². The van der Waals surface area contributed by atoms with Gasteiger partial charge >= 0.3 is 0 Å². The number of ether oxygens (including phenoxy) is 1. The third kappa shape index (κ3) is 2.86. The number of carbonyl (C=O) groups excluding carboxylic acids is 1. The summed E-state index contributed by atoms with van der Waals surface area (Å²) in [7, 11) is 1.53. The molecule has 0 unspecified atom stereocenters. The number of hydrogen-bond donors (Lipinski definition) is 1. The average Bonchev–Trinajstić information content (AvgIpc) is 2.17. The standard InChI is InChI=1S/C10H11BrClNO2/c1-3-13-10(14)6-4-7(11)9(15-2)8(12)5-6/h4-5H,3H2,1-2H3,(H,13,14). The first kappa shape index (κ1) is 12.3. The smallest absolute Gasteiger partial charge is 0.251 e. The van der Waals surface area contributed by atoms with E-state index in [9.17, 15) is 4.79 Å². The Bertz CT molecular complexity index is 359. The molecule has 0 aliphatic heterocycles. The van der Waals surface area contributed by atoms with Gasteiger partial charge in [-0.25, -0.2) is 0 Å². The van der Waals surface area contributed by atoms with Crippen LogP contribution in [0.5, 0.6) is 5.75 Å². The van der Waals surface area contributed by atoms with Crippen molar-refractivity contribution >= 4 is 33.4 Å². The van der Waals surface area contributed by atoms with E-state index < -0.39 is 0 Å². The summed E-state index contributed by atoms with van der Waals surface area (Å²) in [5.74, 6) is 0.382. The van der Waals surface area contributed by atoms with Crippen LogP contribution in [-0.4, -0.2) is 19.6 Å². The number of benzene rings is 1. The Hall–Kier alpha value is -0.740. The van der Waals surface area contributed by atoms with Gasteiger partial charge < -0.3 is 10.1 Å². The molecule has 0 bridgehead atoms. The zero-order valence-corrected chi connectivity index (χ0v) is 10.8. The lowest BCUT2D eigenvalue weighted by Gasteiger charge is -2.08. The molecule has 1 rings (SSSR count). The highest BCUT2D eigenvalue weighted by Crippen LogP contribution is 2.33. The van der Waals surface area contributed by atoms with E-state index in [1.807, 2.05) is 6.92 Å². The molecule has 0 spiro atoms. The van der Waals surface area contributed by atoms with Crippen molar-refractivity contribution in [3.05, 3.63) is 27.2 Å². The van der Waals surface area contributed by atoms with Crippen LogP contribution in [0.1, 0.15) is 17.3 Å². The van der Waals surface area contributed by atoms with Crippen molar-refractivity contribution in [1.29, 1.82) is 0 Å². The van der Waals surface area contributed by atoms with E-state index in [0.717, 1.165) is 0 Å². The molecule has 0 saturated heterocycles. The second kappa shape index (κ2) is 5.37. The fourth-order valence-electron chi connectivity index (χ4n) is 1.15. The maximum Gasteiger partial charge on any atom is 0.251 e. The zero-order chi connectivity index (χ0) is 11.4. The molecule has 82 valence electrons. The fraction of sp³-hybridized carbons (Fsp3) is 0.300. The average molecular weight is 293 g/mol. The molecular weight excluding hydrogens is 281 g/mol. The van der Waals surface area contributed by atoms with Crippen molar-refractivity contribution in [2.75, 3.05) is 13.7 Å². The molecule has 0 atom stereocenters. The van der Waals surface area contributed by atoms with Crippen molar-refractivity contribution in [2.24, 2.45) is 0 Å². The van der Waals surface area contributed by atoms with Crippen LogP contribution in [0.3, 0.4) is 0 Å². The molecule has 0 fully saturated rings. The van der Waals surface area contributed by atoms with Crippen LogP contribution in [0.2, 0.25) is 5.02 Å². The summed E-state index contributed by atoms with van der Waals surface area (Å²) in [6.45, 7) is 2.44. The molecule has 1 aromatic rings. The van der Waals surface area contributed by atoms with Gasteiger partial charge in [0.2, 0.25) is 0 Å². The predicted octanol–water partition coefficient (Wildman–Crippen LogP) is 2.86. The number of halogens is 2. The Morgan fingerprint density at radius 2 is 2.27 bits per heavy atom. The number of hydrogen-bond acceptors (Lipinski definition) is 2. The van der Waals surface area contributed by atoms with Crippen LogP contribution in [0, 0.1) is 0 Å². The van der Waals surface area contributed by atoms with Gasteiger partial charge in [0, 0.05) is 12.1 Å². The monoisotopic (exact) mass is 291 g/mol. The van der Waals surface area contributed by atoms with Crippen molar-refractivity contribution in [1.82, 2.24) is 5.32 Å². The third-order valence-electron chi connectivity index (χ3n) is 1.80. The molecule has 0 saturated carbocycles. The van der Waals surface area contributed by atoms with E-state index >= 15 is 0 Å². The molecule has 0 aliphatic rings. The summed E-state index contributed by atoms with van der Waals surface area (Å²) in [6, 6.07) is 3.26. The maximum atomic E-state index is 11.5. The lowest BCUT2D eigenvalue weighted by Crippen LogP contribution is -2.22. The fourth-order valence-corrected chi connectivity index (χ4v) is 2.18. The summed E-state index contributed by atoms with van der Waals surface area (Å²) in [5, 5.41) is 3.10. The second-order valence-corrected chi connectivity index (χ2v) is 4.09. The number of methoxy groups -OCH3 is 1. The highest BCUT2D eigenvalue weighted by atomic mass is 79.9. The molecule has 3 nitrogen and oxygen atoms in total. The van der Waals surface area contributed by atoms with Gasteiger partial charge in [-0.1, -0.05) is 11.6 Å². The van der Waals surface area contributed by atoms with Gasteiger partial charge in [-0.05, 0) is 35.0 Å². The van der Waals surface area contributed by atoms with Gasteiger partial charge in [-0.2, -0.15) is 0 Å². The molecule has 1 aromatic carbocycles. The minimum Gasteiger partial charge on any atom is -0.494 e. The van der Waals surface area contributed by atoms with Crippen LogP contribution in [0.25, 0.3) is 0 Å². The van der Waals surface area contributed by atoms with Gasteiger partial charge in [0.25, 0.3) is 5.91 Å². The van der Waals surface area contributed by atoms with Crippen molar-refractivity contribution < 1.29 is 9.53 Å². The highest BCUT2D eigenvalue weighted by molar-refractivity contribution is 9.10. The van der Waals surface area contributed by atoms with Crippen molar-refractivity contribution in [3.8, 4) is 5.75 Å². The molecule has 0 heterocycles. The first-order valence-electron chi connectivity index (χ1n) is 4.41. The van der Waals surface area contributed by atoms with E-state index in [1.165, 1.54) is 7.11 Å². The first-order valence-corrected chi connectivity index (χ1v) is 5.58. The number of nitrogens with one attached hydrogen (secondary N) is 1. The Balaban J connectivity index is 3.08. The van der Waals surface area contributed by atoms with Crippen LogP contribution in [-0.2, 0) is 0 Å². The van der Waals surface area contributed by atoms with E-state index in [4.69, 9.17) is 16.3 Å². The zero-order valence-electron chi connectivity index (χ0n) is 8.43. The van der Waals surface area contributed by atoms with E-state index in [-0.39, 0.29) is 5.91 Å². The normalized spacial score (nSPS) is 9.87. The molecule has 0 aliphatic carbocycles. The second-order valence-electron chi connectivity index (χ2n) is 2.83. The van der Waals surface area contributed by atoms with Crippen molar-refractivity contribution in [3.63, 3.8) is 0 Å². The summed E-state index contributed by atoms with van der Waals surface area (Å²) in [6.07, 6.45) is 0. The number of rotatable bonds is 3. The summed E-state index contributed by atoms with van der Waals surface area (Å²) in [4.78, 5) is 11.5. The SMILES string of the molecule is CCNC(=O)c1cc(Cl)c(OC)c(Br)c1. The Morgan fingerprint density at radius 1 is 1.60 bits per heavy atom. The minimum atomic E-state index is -0.150. The van der Waals surface area contributed by atoms with Crippen molar-refractivity contribution in [2.45, 2.75) is 6.92 Å². The number of amides is 1. The van der Waals surface area contributed by atoms with Gasteiger partial charge in [-0.3, -0.25) is 4.79 Å². The lowest BCUT2D eigenvalue weighted by molar-refractivity contribution is 0.0955. The quantitative estimate of drug-likeness (QED) is 0.930. The van der Waals surface area contributed by atoms with Gasteiger partial charge in [-0.15, -0.1) is 0 Å². The molecule has 1 amide bonds. The van der Waals surface area contributed by atoms with Gasteiger partial charge in [0.1, 0.15) is 0 Å². The number of carbonyl (C=O) groups is 1. The molecule has 5 heteroatoms. The Labute approximate surface area is 102 Å². The lowest BCUT2D eigenvalue weighted by atomic mass is 10.2. The van der Waals surface area contributed by atoms with Crippen LogP contribution in [0.4, 0.5) is 0 Å². The van der Waals surface area contributed by atoms with E-state index in [2.05, 4.69) is 21.2 Å². The summed E-state index contributed by atoms with van der Waals surface area (Å²) >= 11 is 9.23. The molecule has 15 heavy (non-hydrogen) atoms. The molecule has 0 aromatic heterocycles. The van der Waals surface area contributed by atoms with E-state index in [1.54, 1.807) is 12.1 Å². The highest BCUT2D eigenvalue weighted by Gasteiger charge is 2.12. The van der Waals surface area contributed by atoms with Crippen LogP contribution >= 0.6 is 27.5 Å². The predicted molar refractivity (Wildman–Crippen MR) is 63.7 cm³/mol. The largest absolute Gasteiger partial charge is 0.494 e. The topological polar surface area (TPSA) is 38.3 Å². The summed E-state index contributed by atoms with van der Waals surface area (Å²) < 4.78 is 5.73. The maximum absolute atomic E-state index is 11.5. The molecular formula is C10H11BrClNO2. The third-order valence-corrected chi connectivity index (χ3v) is 2.67. The summed E-state index contributed by atoms with van der Waals surface area (Å²) in [5.41, 5.74) is 0.509. The van der Waals surface area contributed by atoms with Crippen LogP contribution < -0.4 is 10.1 Å². The Kier molecular flexibility index (Phi) is 4.42. The van der Waals surface area contributed by atoms with Crippen LogP contribution in [0.15, 0.2) is 16.6 Å². The van der Waals surface area contributed by atoms with E-state index in [0.29, 0.717) is 27.4 Å². The van der Waals surface area contributed by atoms with Gasteiger partial charge in [0.05, 0.1) is 16.6 Å². The molecule has 0 radical (unpaired) electrons.